The molecule has 0 fully saturated rings. The highest BCUT2D eigenvalue weighted by Crippen LogP contribution is 2.09. The number of alkyl halides is 1. The number of nitrogens with one attached hydrogen (secondary N) is 1. The van der Waals surface area contributed by atoms with Crippen molar-refractivity contribution >= 4 is 17.5 Å². The molecule has 0 aromatic heterocycles. The van der Waals surface area contributed by atoms with Crippen molar-refractivity contribution in [2.24, 2.45) is 0 Å². The van der Waals surface area contributed by atoms with Crippen LogP contribution >= 0.6 is 11.6 Å². The third kappa shape index (κ3) is 4.71. The molecule has 0 heterocycles. The third-order valence-electron chi connectivity index (χ3n) is 2.12. The summed E-state index contributed by atoms with van der Waals surface area (Å²) in [6, 6.07) is 4.42. The van der Waals surface area contributed by atoms with Gasteiger partial charge in [-0.05, 0) is 19.1 Å². The largest absolute Gasteiger partial charge is 0.378 e. The maximum Gasteiger partial charge on any atom is 0.254 e. The molecule has 0 spiro atoms. The second-order valence-electron chi connectivity index (χ2n) is 3.54. The number of carbonyl (C=O) groups excluding carboxylic acids is 1. The summed E-state index contributed by atoms with van der Waals surface area (Å²) in [6.45, 7) is 2.95. The highest BCUT2D eigenvalue weighted by atomic mass is 35.5. The van der Waals surface area contributed by atoms with Gasteiger partial charge in [-0.15, -0.1) is 11.6 Å². The van der Waals surface area contributed by atoms with Gasteiger partial charge in [0, 0.05) is 12.4 Å². The molecule has 0 atom stereocenters. The van der Waals surface area contributed by atoms with Gasteiger partial charge in [0.05, 0.1) is 18.8 Å². The lowest BCUT2D eigenvalue weighted by Gasteiger charge is -2.07. The van der Waals surface area contributed by atoms with Crippen LogP contribution in [-0.4, -0.2) is 31.5 Å². The number of carbonyl (C=O) groups is 1. The molecule has 0 unspecified atom stereocenters. The van der Waals surface area contributed by atoms with Gasteiger partial charge in [0.2, 0.25) is 0 Å². The minimum absolute atomic E-state index is 0.0577. The SMILES string of the molecule is Cc1ccc(F)c(C(=O)NCCOCCCl)c1. The van der Waals surface area contributed by atoms with Gasteiger partial charge in [0.15, 0.2) is 0 Å². The number of hydrogen-bond donors (Lipinski definition) is 1. The maximum absolute atomic E-state index is 13.3. The van der Waals surface area contributed by atoms with E-state index in [1.807, 2.05) is 0 Å². The van der Waals surface area contributed by atoms with Crippen LogP contribution in [0.1, 0.15) is 15.9 Å². The average molecular weight is 260 g/mol. The first kappa shape index (κ1) is 13.9. The molecule has 1 amide bonds. The first-order chi connectivity index (χ1) is 8.15. The van der Waals surface area contributed by atoms with Crippen molar-refractivity contribution in [3.63, 3.8) is 0 Å². The minimum atomic E-state index is -0.519. The number of halogens is 2. The zero-order chi connectivity index (χ0) is 12.7. The number of aryl methyl sites for hydroxylation is 1. The zero-order valence-corrected chi connectivity index (χ0v) is 10.4. The summed E-state index contributed by atoms with van der Waals surface area (Å²) < 4.78 is 18.4. The number of ether oxygens (including phenoxy) is 1. The summed E-state index contributed by atoms with van der Waals surface area (Å²) in [5.41, 5.74) is 0.900. The molecule has 0 aliphatic rings. The molecule has 0 radical (unpaired) electrons. The molecule has 94 valence electrons. The molecule has 1 N–H and O–H groups in total. The lowest BCUT2D eigenvalue weighted by atomic mass is 10.1. The summed E-state index contributed by atoms with van der Waals surface area (Å²) in [5.74, 6) is -0.532. The predicted molar refractivity (Wildman–Crippen MR) is 65.0 cm³/mol. The van der Waals surface area contributed by atoms with Gasteiger partial charge in [0.1, 0.15) is 5.82 Å². The molecule has 5 heteroatoms. The van der Waals surface area contributed by atoms with E-state index in [-0.39, 0.29) is 5.56 Å². The van der Waals surface area contributed by atoms with Gasteiger partial charge < -0.3 is 10.1 Å². The van der Waals surface area contributed by atoms with E-state index in [4.69, 9.17) is 16.3 Å². The predicted octanol–water partition coefficient (Wildman–Crippen LogP) is 2.12. The van der Waals surface area contributed by atoms with Crippen LogP contribution in [0.15, 0.2) is 18.2 Å². The van der Waals surface area contributed by atoms with E-state index < -0.39 is 11.7 Å². The van der Waals surface area contributed by atoms with Gasteiger partial charge in [-0.25, -0.2) is 4.39 Å². The first-order valence-corrected chi connectivity index (χ1v) is 5.86. The summed E-state index contributed by atoms with van der Waals surface area (Å²) in [7, 11) is 0. The van der Waals surface area contributed by atoms with E-state index in [0.29, 0.717) is 25.6 Å². The van der Waals surface area contributed by atoms with Crippen molar-refractivity contribution in [3.05, 3.63) is 35.1 Å². The molecule has 17 heavy (non-hydrogen) atoms. The lowest BCUT2D eigenvalue weighted by Crippen LogP contribution is -2.28. The number of rotatable bonds is 6. The highest BCUT2D eigenvalue weighted by Gasteiger charge is 2.10. The molecule has 1 aromatic rings. The molecule has 1 aromatic carbocycles. The standard InChI is InChI=1S/C12H15ClFNO2/c1-9-2-3-11(14)10(8-9)12(16)15-5-7-17-6-4-13/h2-3,8H,4-7H2,1H3,(H,15,16). The number of amides is 1. The lowest BCUT2D eigenvalue weighted by molar-refractivity contribution is 0.0919. The summed E-state index contributed by atoms with van der Waals surface area (Å²) in [4.78, 5) is 11.6. The van der Waals surface area contributed by atoms with Gasteiger partial charge >= 0.3 is 0 Å². The monoisotopic (exact) mass is 259 g/mol. The van der Waals surface area contributed by atoms with Crippen molar-refractivity contribution in [1.29, 1.82) is 0 Å². The highest BCUT2D eigenvalue weighted by molar-refractivity contribution is 6.17. The van der Waals surface area contributed by atoms with E-state index in [0.717, 1.165) is 5.56 Å². The molecule has 0 saturated carbocycles. The van der Waals surface area contributed by atoms with Gasteiger partial charge in [-0.3, -0.25) is 4.79 Å². The van der Waals surface area contributed by atoms with E-state index in [9.17, 15) is 9.18 Å². The summed E-state index contributed by atoms with van der Waals surface area (Å²) >= 11 is 5.42. The minimum Gasteiger partial charge on any atom is -0.378 e. The van der Waals surface area contributed by atoms with Crippen LogP contribution in [0.5, 0.6) is 0 Å². The Bertz CT molecular complexity index is 385. The van der Waals surface area contributed by atoms with Crippen molar-refractivity contribution in [2.75, 3.05) is 25.6 Å². The number of benzene rings is 1. The Balaban J connectivity index is 2.44. The fourth-order valence-corrected chi connectivity index (χ4v) is 1.41. The van der Waals surface area contributed by atoms with E-state index in [1.165, 1.54) is 12.1 Å². The van der Waals surface area contributed by atoms with Crippen LogP contribution < -0.4 is 5.32 Å². The van der Waals surface area contributed by atoms with Crippen LogP contribution in [0.3, 0.4) is 0 Å². The van der Waals surface area contributed by atoms with Gasteiger partial charge in [-0.1, -0.05) is 11.6 Å². The van der Waals surface area contributed by atoms with Crippen LogP contribution in [0, 0.1) is 12.7 Å². The van der Waals surface area contributed by atoms with E-state index >= 15 is 0 Å². The zero-order valence-electron chi connectivity index (χ0n) is 9.63. The second-order valence-corrected chi connectivity index (χ2v) is 3.92. The Morgan fingerprint density at radius 1 is 1.47 bits per heavy atom. The van der Waals surface area contributed by atoms with Crippen LogP contribution in [0.25, 0.3) is 0 Å². The van der Waals surface area contributed by atoms with Gasteiger partial charge in [0.25, 0.3) is 5.91 Å². The fourth-order valence-electron chi connectivity index (χ4n) is 1.30. The molecular formula is C12H15ClFNO2. The van der Waals surface area contributed by atoms with Crippen LogP contribution in [0.2, 0.25) is 0 Å². The van der Waals surface area contributed by atoms with Crippen molar-refractivity contribution < 1.29 is 13.9 Å². The molecule has 0 aliphatic carbocycles. The average Bonchev–Trinajstić information content (AvgIpc) is 2.32. The molecule has 1 rings (SSSR count). The Morgan fingerprint density at radius 2 is 2.24 bits per heavy atom. The number of hydrogen-bond acceptors (Lipinski definition) is 2. The summed E-state index contributed by atoms with van der Waals surface area (Å²) in [5, 5.41) is 2.58. The normalized spacial score (nSPS) is 10.3. The second kappa shape index (κ2) is 7.25. The maximum atomic E-state index is 13.3. The van der Waals surface area contributed by atoms with Crippen LogP contribution in [0.4, 0.5) is 4.39 Å². The Labute approximate surface area is 105 Å². The molecule has 0 saturated heterocycles. The van der Waals surface area contributed by atoms with Crippen LogP contribution in [-0.2, 0) is 4.74 Å². The Kier molecular flexibility index (Phi) is 5.94. The topological polar surface area (TPSA) is 38.3 Å². The summed E-state index contributed by atoms with van der Waals surface area (Å²) in [6.07, 6.45) is 0. The molecular weight excluding hydrogens is 245 g/mol. The van der Waals surface area contributed by atoms with E-state index in [2.05, 4.69) is 5.32 Å². The first-order valence-electron chi connectivity index (χ1n) is 5.33. The third-order valence-corrected chi connectivity index (χ3v) is 2.27. The fraction of sp³-hybridized carbons (Fsp3) is 0.417. The van der Waals surface area contributed by atoms with E-state index in [1.54, 1.807) is 13.0 Å². The molecule has 3 nitrogen and oxygen atoms in total. The van der Waals surface area contributed by atoms with Gasteiger partial charge in [-0.2, -0.15) is 0 Å². The Morgan fingerprint density at radius 3 is 2.94 bits per heavy atom. The smallest absolute Gasteiger partial charge is 0.254 e. The van der Waals surface area contributed by atoms with Crippen molar-refractivity contribution in [1.82, 2.24) is 5.32 Å². The molecule has 0 aliphatic heterocycles. The van der Waals surface area contributed by atoms with Crippen molar-refractivity contribution in [3.8, 4) is 0 Å². The van der Waals surface area contributed by atoms with Crippen molar-refractivity contribution in [2.45, 2.75) is 6.92 Å². The molecule has 0 bridgehead atoms. The quantitative estimate of drug-likeness (QED) is 0.628. The Hall–Kier alpha value is -1.13.